The molecule has 1 unspecified atom stereocenters. The van der Waals surface area contributed by atoms with E-state index >= 15 is 0 Å². The third-order valence-electron chi connectivity index (χ3n) is 5.68. The quantitative estimate of drug-likeness (QED) is 0.512. The highest BCUT2D eigenvalue weighted by Gasteiger charge is 2.24. The van der Waals surface area contributed by atoms with Crippen molar-refractivity contribution in [3.8, 4) is 0 Å². The summed E-state index contributed by atoms with van der Waals surface area (Å²) in [5.74, 6) is 1.41. The molecule has 0 radical (unpaired) electrons. The van der Waals surface area contributed by atoms with Crippen LogP contribution in [0.2, 0.25) is 0 Å². The smallest absolute Gasteiger partial charge is 0.229 e. The van der Waals surface area contributed by atoms with Gasteiger partial charge in [-0.3, -0.25) is 0 Å². The van der Waals surface area contributed by atoms with E-state index in [0.717, 1.165) is 41.9 Å². The lowest BCUT2D eigenvalue weighted by Gasteiger charge is -2.27. The minimum atomic E-state index is -0.312. The Labute approximate surface area is 184 Å². The molecule has 0 amide bonds. The van der Waals surface area contributed by atoms with E-state index in [9.17, 15) is 5.11 Å². The van der Waals surface area contributed by atoms with Crippen LogP contribution in [0.5, 0.6) is 0 Å². The van der Waals surface area contributed by atoms with Crippen LogP contribution < -0.4 is 10.2 Å². The number of hydrogen-bond acceptors (Lipinski definition) is 6. The lowest BCUT2D eigenvalue weighted by atomic mass is 9.88. The Morgan fingerprint density at radius 2 is 2.20 bits per heavy atom. The van der Waals surface area contributed by atoms with E-state index in [0.29, 0.717) is 24.6 Å². The normalized spacial score (nSPS) is 16.2. The fourth-order valence-corrected chi connectivity index (χ4v) is 4.39. The molecule has 0 spiro atoms. The Bertz CT molecular complexity index is 1060. The fraction of sp³-hybridized carbons (Fsp3) is 0.476. The molecule has 160 valence electrons. The average Bonchev–Trinajstić information content (AvgIpc) is 3.21. The molecule has 3 aromatic rings. The monoisotopic (exact) mass is 473 g/mol. The number of aliphatic hydroxyl groups excluding tert-OH is 1. The topological polar surface area (TPSA) is 84.0 Å². The predicted octanol–water partition coefficient (Wildman–Crippen LogP) is 3.32. The van der Waals surface area contributed by atoms with Gasteiger partial charge in [0.15, 0.2) is 11.5 Å². The lowest BCUT2D eigenvalue weighted by molar-refractivity contribution is 0.156. The predicted molar refractivity (Wildman–Crippen MR) is 123 cm³/mol. The summed E-state index contributed by atoms with van der Waals surface area (Å²) in [7, 11) is 1.94. The summed E-state index contributed by atoms with van der Waals surface area (Å²) >= 11 is 3.58. The molecule has 3 aromatic heterocycles. The van der Waals surface area contributed by atoms with Gasteiger partial charge in [-0.2, -0.15) is 9.97 Å². The number of hydrogen-bond donors (Lipinski definition) is 2. The van der Waals surface area contributed by atoms with Crippen LogP contribution in [0.25, 0.3) is 11.2 Å². The van der Waals surface area contributed by atoms with Crippen LogP contribution >= 0.6 is 15.9 Å². The highest BCUT2D eigenvalue weighted by atomic mass is 79.9. The van der Waals surface area contributed by atoms with Crippen LogP contribution in [0.3, 0.4) is 0 Å². The van der Waals surface area contributed by atoms with Gasteiger partial charge < -0.3 is 24.5 Å². The van der Waals surface area contributed by atoms with Gasteiger partial charge in [-0.25, -0.2) is 4.98 Å². The van der Waals surface area contributed by atoms with Crippen molar-refractivity contribution in [2.24, 2.45) is 12.5 Å². The Balaban J connectivity index is 1.67. The zero-order chi connectivity index (χ0) is 21.3. The first-order chi connectivity index (χ1) is 14.4. The molecular weight excluding hydrogens is 446 g/mol. The van der Waals surface area contributed by atoms with Crippen molar-refractivity contribution in [1.82, 2.24) is 24.1 Å². The van der Waals surface area contributed by atoms with Crippen LogP contribution in [0.1, 0.15) is 25.5 Å². The Morgan fingerprint density at radius 3 is 2.97 bits per heavy atom. The van der Waals surface area contributed by atoms with Gasteiger partial charge in [-0.05, 0) is 34.8 Å². The lowest BCUT2D eigenvalue weighted by Crippen LogP contribution is -2.31. The Kier molecular flexibility index (Phi) is 5.84. The number of imidazole rings is 1. The van der Waals surface area contributed by atoms with Crippen LogP contribution in [0.15, 0.2) is 35.7 Å². The molecule has 8 nitrogen and oxygen atoms in total. The molecule has 4 heterocycles. The minimum absolute atomic E-state index is 0.0660. The maximum atomic E-state index is 9.85. The number of allylic oxidation sites excluding steroid dienone is 1. The largest absolute Gasteiger partial charge is 0.396 e. The number of aromatic nitrogens is 5. The van der Waals surface area contributed by atoms with E-state index < -0.39 is 0 Å². The van der Waals surface area contributed by atoms with E-state index in [1.807, 2.05) is 24.6 Å². The second-order valence-corrected chi connectivity index (χ2v) is 9.25. The molecule has 30 heavy (non-hydrogen) atoms. The summed E-state index contributed by atoms with van der Waals surface area (Å²) in [5, 5.41) is 13.3. The first-order valence-corrected chi connectivity index (χ1v) is 11.0. The zero-order valence-electron chi connectivity index (χ0n) is 17.5. The molecule has 1 aliphatic rings. The first kappa shape index (κ1) is 20.9. The second-order valence-electron chi connectivity index (χ2n) is 8.33. The van der Waals surface area contributed by atoms with Gasteiger partial charge >= 0.3 is 0 Å². The maximum absolute atomic E-state index is 9.85. The molecule has 2 N–H and O–H groups in total. The van der Waals surface area contributed by atoms with Crippen molar-refractivity contribution in [3.63, 3.8) is 0 Å². The van der Waals surface area contributed by atoms with Crippen molar-refractivity contribution in [3.05, 3.63) is 41.4 Å². The number of nitrogens with zero attached hydrogens (tertiary/aromatic N) is 6. The van der Waals surface area contributed by atoms with E-state index in [1.165, 1.54) is 5.69 Å². The minimum Gasteiger partial charge on any atom is -0.396 e. The average molecular weight is 474 g/mol. The van der Waals surface area contributed by atoms with Gasteiger partial charge in [0.25, 0.3) is 0 Å². The summed E-state index contributed by atoms with van der Waals surface area (Å²) in [4.78, 5) is 16.3. The number of anilines is 2. The van der Waals surface area contributed by atoms with Crippen LogP contribution in [-0.2, 0) is 20.1 Å². The van der Waals surface area contributed by atoms with E-state index in [1.54, 1.807) is 6.33 Å². The number of nitrogens with one attached hydrogen (secondary N) is 1. The highest BCUT2D eigenvalue weighted by Crippen LogP contribution is 2.28. The number of halogens is 1. The van der Waals surface area contributed by atoms with Gasteiger partial charge in [0.05, 0.1) is 19.5 Å². The van der Waals surface area contributed by atoms with Gasteiger partial charge in [0, 0.05) is 48.5 Å². The molecule has 9 heteroatoms. The molecule has 0 bridgehead atoms. The van der Waals surface area contributed by atoms with E-state index in [-0.39, 0.29) is 12.0 Å². The molecular formula is C21H28BrN7O. The SMILES string of the molecule is C=CCC(C)(CO)CNc1nc(N2CCCn3cc(Br)cc3C2)nc2ncn(C)c12. The molecule has 0 aromatic carbocycles. The highest BCUT2D eigenvalue weighted by molar-refractivity contribution is 9.10. The molecule has 4 rings (SSSR count). The number of aryl methyl sites for hydroxylation is 2. The van der Waals surface area contributed by atoms with Crippen molar-refractivity contribution in [1.29, 1.82) is 0 Å². The summed E-state index contributed by atoms with van der Waals surface area (Å²) in [5.41, 5.74) is 2.45. The van der Waals surface area contributed by atoms with Gasteiger partial charge in [0.1, 0.15) is 5.52 Å². The summed E-state index contributed by atoms with van der Waals surface area (Å²) < 4.78 is 5.30. The number of aliphatic hydroxyl groups is 1. The van der Waals surface area contributed by atoms with E-state index in [4.69, 9.17) is 9.97 Å². The van der Waals surface area contributed by atoms with Gasteiger partial charge in [-0.15, -0.1) is 6.58 Å². The molecule has 0 saturated carbocycles. The summed E-state index contributed by atoms with van der Waals surface area (Å²) in [6.07, 6.45) is 7.45. The van der Waals surface area contributed by atoms with Crippen LogP contribution in [0, 0.1) is 5.41 Å². The Morgan fingerprint density at radius 1 is 1.37 bits per heavy atom. The van der Waals surface area contributed by atoms with Gasteiger partial charge in [0.2, 0.25) is 5.95 Å². The second kappa shape index (κ2) is 8.39. The van der Waals surface area contributed by atoms with Crippen LogP contribution in [0.4, 0.5) is 11.8 Å². The first-order valence-electron chi connectivity index (χ1n) is 10.2. The number of rotatable bonds is 7. The van der Waals surface area contributed by atoms with Crippen molar-refractivity contribution in [2.45, 2.75) is 32.9 Å². The molecule has 0 saturated heterocycles. The van der Waals surface area contributed by atoms with Crippen molar-refractivity contribution < 1.29 is 5.11 Å². The number of fused-ring (bicyclic) bond motifs is 2. The maximum Gasteiger partial charge on any atom is 0.229 e. The molecule has 0 fully saturated rings. The van der Waals surface area contributed by atoms with E-state index in [2.05, 4.69) is 54.5 Å². The molecule has 1 aliphatic heterocycles. The standard InChI is InChI=1S/C21H28BrN7O/c1-4-6-21(2,13-30)12-23-18-17-19(24-14-27(17)3)26-20(25-18)29-8-5-7-28-10-15(22)9-16(28)11-29/h4,9-10,14,30H,1,5-8,11-13H2,2-3H3,(H,23,25,26). The Hall–Kier alpha value is -2.39. The summed E-state index contributed by atoms with van der Waals surface area (Å²) in [6, 6.07) is 2.15. The van der Waals surface area contributed by atoms with Crippen molar-refractivity contribution in [2.75, 3.05) is 29.9 Å². The fourth-order valence-electron chi connectivity index (χ4n) is 3.88. The molecule has 1 atom stereocenters. The third kappa shape index (κ3) is 4.09. The summed E-state index contributed by atoms with van der Waals surface area (Å²) in [6.45, 7) is 9.09. The van der Waals surface area contributed by atoms with Crippen LogP contribution in [-0.4, -0.2) is 48.9 Å². The van der Waals surface area contributed by atoms with Crippen molar-refractivity contribution >= 4 is 38.9 Å². The zero-order valence-corrected chi connectivity index (χ0v) is 19.1. The third-order valence-corrected chi connectivity index (χ3v) is 6.11. The molecule has 0 aliphatic carbocycles. The van der Waals surface area contributed by atoms with Gasteiger partial charge in [-0.1, -0.05) is 13.0 Å².